The van der Waals surface area contributed by atoms with Crippen molar-refractivity contribution in [1.29, 1.82) is 0 Å². The molecule has 0 spiro atoms. The molecular weight excluding hydrogens is 520 g/mol. The van der Waals surface area contributed by atoms with Gasteiger partial charge in [0.2, 0.25) is 5.91 Å². The third kappa shape index (κ3) is 29.7. The SMILES string of the molecule is CCCCCCCCCCCCCC(=O)C[C@@H](CCCN=C(N)N)C(=O)NCCCCCCCCCCCC.Cl. The first-order chi connectivity index (χ1) is 19.0. The minimum atomic E-state index is -0.275. The molecule has 7 heteroatoms. The second-order valence-corrected chi connectivity index (χ2v) is 11.6. The number of aliphatic imine (C=N–C) groups is 1. The van der Waals surface area contributed by atoms with E-state index in [4.69, 9.17) is 11.5 Å². The number of unbranched alkanes of at least 4 members (excludes halogenated alkanes) is 19. The van der Waals surface area contributed by atoms with Gasteiger partial charge < -0.3 is 16.8 Å². The van der Waals surface area contributed by atoms with Crippen molar-refractivity contribution in [2.45, 2.75) is 174 Å². The quantitative estimate of drug-likeness (QED) is 0.0443. The van der Waals surface area contributed by atoms with Crippen LogP contribution in [-0.4, -0.2) is 30.7 Å². The lowest BCUT2D eigenvalue weighted by Gasteiger charge is -2.16. The number of rotatable bonds is 30. The highest BCUT2D eigenvalue weighted by Gasteiger charge is 2.21. The molecule has 1 amide bonds. The maximum absolute atomic E-state index is 12.9. The Labute approximate surface area is 254 Å². The van der Waals surface area contributed by atoms with E-state index in [0.717, 1.165) is 25.7 Å². The van der Waals surface area contributed by atoms with Gasteiger partial charge in [-0.3, -0.25) is 14.6 Å². The molecule has 0 aliphatic carbocycles. The highest BCUT2D eigenvalue weighted by atomic mass is 35.5. The molecule has 0 heterocycles. The number of carbonyl (C=O) groups is 2. The molecule has 0 rings (SSSR count). The van der Waals surface area contributed by atoms with Crippen LogP contribution in [0.4, 0.5) is 0 Å². The van der Waals surface area contributed by atoms with Crippen LogP contribution in [0.25, 0.3) is 0 Å². The van der Waals surface area contributed by atoms with Gasteiger partial charge >= 0.3 is 0 Å². The smallest absolute Gasteiger partial charge is 0.223 e. The fraction of sp³-hybridized carbons (Fsp3) is 0.909. The molecule has 0 aliphatic heterocycles. The average molecular weight is 587 g/mol. The Morgan fingerprint density at radius 1 is 0.625 bits per heavy atom. The largest absolute Gasteiger partial charge is 0.370 e. The highest BCUT2D eigenvalue weighted by molar-refractivity contribution is 5.86. The van der Waals surface area contributed by atoms with E-state index in [1.165, 1.54) is 109 Å². The monoisotopic (exact) mass is 586 g/mol. The number of nitrogens with zero attached hydrogens (tertiary/aromatic N) is 1. The summed E-state index contributed by atoms with van der Waals surface area (Å²) in [6.07, 6.45) is 29.1. The van der Waals surface area contributed by atoms with Crippen molar-refractivity contribution < 1.29 is 9.59 Å². The third-order valence-corrected chi connectivity index (χ3v) is 7.74. The van der Waals surface area contributed by atoms with Crippen molar-refractivity contribution in [1.82, 2.24) is 5.32 Å². The van der Waals surface area contributed by atoms with Gasteiger partial charge in [-0.2, -0.15) is 0 Å². The number of halogens is 1. The van der Waals surface area contributed by atoms with Crippen LogP contribution in [0.15, 0.2) is 4.99 Å². The van der Waals surface area contributed by atoms with Crippen molar-refractivity contribution >= 4 is 30.1 Å². The van der Waals surface area contributed by atoms with E-state index in [0.29, 0.717) is 38.8 Å². The highest BCUT2D eigenvalue weighted by Crippen LogP contribution is 2.17. The van der Waals surface area contributed by atoms with Crippen LogP contribution in [0.1, 0.15) is 174 Å². The average Bonchev–Trinajstić information content (AvgIpc) is 2.91. The lowest BCUT2D eigenvalue weighted by atomic mass is 9.93. The lowest BCUT2D eigenvalue weighted by molar-refractivity contribution is -0.129. The van der Waals surface area contributed by atoms with E-state index in [-0.39, 0.29) is 36.0 Å². The molecule has 0 fully saturated rings. The van der Waals surface area contributed by atoms with Crippen molar-refractivity contribution in [2.24, 2.45) is 22.4 Å². The van der Waals surface area contributed by atoms with Crippen molar-refractivity contribution in [3.05, 3.63) is 0 Å². The van der Waals surface area contributed by atoms with Gasteiger partial charge in [-0.1, -0.05) is 136 Å². The van der Waals surface area contributed by atoms with Gasteiger partial charge in [0.25, 0.3) is 0 Å². The van der Waals surface area contributed by atoms with Gasteiger partial charge in [-0.15, -0.1) is 12.4 Å². The Morgan fingerprint density at radius 3 is 1.50 bits per heavy atom. The summed E-state index contributed by atoms with van der Waals surface area (Å²) in [6.45, 7) is 5.71. The maximum atomic E-state index is 12.9. The number of guanidine groups is 1. The van der Waals surface area contributed by atoms with Gasteiger partial charge in [0.15, 0.2) is 5.96 Å². The molecule has 0 saturated carbocycles. The van der Waals surface area contributed by atoms with E-state index in [9.17, 15) is 9.59 Å². The normalized spacial score (nSPS) is 11.6. The number of nitrogens with two attached hydrogens (primary N) is 2. The number of carbonyl (C=O) groups excluding carboxylic acids is 2. The zero-order valence-electron chi connectivity index (χ0n) is 26.5. The Kier molecular flexibility index (Phi) is 32.9. The molecule has 0 bridgehead atoms. The second-order valence-electron chi connectivity index (χ2n) is 11.6. The van der Waals surface area contributed by atoms with Crippen LogP contribution in [-0.2, 0) is 9.59 Å². The number of hydrogen-bond donors (Lipinski definition) is 3. The second kappa shape index (κ2) is 32.2. The van der Waals surface area contributed by atoms with Crippen LogP contribution < -0.4 is 16.8 Å². The van der Waals surface area contributed by atoms with E-state index in [1.54, 1.807) is 0 Å². The molecular formula is C33H67ClN4O2. The minimum absolute atomic E-state index is 0. The third-order valence-electron chi connectivity index (χ3n) is 7.74. The number of amides is 1. The van der Waals surface area contributed by atoms with Crippen LogP contribution in [0.2, 0.25) is 0 Å². The van der Waals surface area contributed by atoms with E-state index >= 15 is 0 Å². The zero-order valence-corrected chi connectivity index (χ0v) is 27.3. The van der Waals surface area contributed by atoms with E-state index in [2.05, 4.69) is 24.2 Å². The van der Waals surface area contributed by atoms with Crippen LogP contribution in [0, 0.1) is 5.92 Å². The summed E-state index contributed by atoms with van der Waals surface area (Å²) in [5.41, 5.74) is 10.9. The number of hydrogen-bond acceptors (Lipinski definition) is 3. The molecule has 1 atom stereocenters. The van der Waals surface area contributed by atoms with Gasteiger partial charge in [-0.25, -0.2) is 0 Å². The molecule has 0 aromatic heterocycles. The molecule has 0 saturated heterocycles. The predicted octanol–water partition coefficient (Wildman–Crippen LogP) is 8.78. The van der Waals surface area contributed by atoms with Crippen LogP contribution >= 0.6 is 12.4 Å². The number of nitrogens with one attached hydrogen (secondary N) is 1. The first-order valence-electron chi connectivity index (χ1n) is 16.9. The molecule has 0 radical (unpaired) electrons. The van der Waals surface area contributed by atoms with Crippen molar-refractivity contribution in [3.63, 3.8) is 0 Å². The summed E-state index contributed by atoms with van der Waals surface area (Å²) in [4.78, 5) is 29.6. The van der Waals surface area contributed by atoms with Crippen LogP contribution in [0.5, 0.6) is 0 Å². The van der Waals surface area contributed by atoms with Gasteiger partial charge in [-0.05, 0) is 25.7 Å². The number of ketones is 1. The summed E-state index contributed by atoms with van der Waals surface area (Å²) < 4.78 is 0. The summed E-state index contributed by atoms with van der Waals surface area (Å²) in [5, 5.41) is 3.10. The van der Waals surface area contributed by atoms with Crippen LogP contribution in [0.3, 0.4) is 0 Å². The molecule has 0 aromatic carbocycles. The molecule has 40 heavy (non-hydrogen) atoms. The van der Waals surface area contributed by atoms with Gasteiger partial charge in [0.1, 0.15) is 5.78 Å². The minimum Gasteiger partial charge on any atom is -0.370 e. The summed E-state index contributed by atoms with van der Waals surface area (Å²) >= 11 is 0. The first kappa shape index (κ1) is 40.8. The van der Waals surface area contributed by atoms with E-state index < -0.39 is 0 Å². The van der Waals surface area contributed by atoms with Crippen molar-refractivity contribution in [2.75, 3.05) is 13.1 Å². The summed E-state index contributed by atoms with van der Waals surface area (Å²) in [6, 6.07) is 0. The Hall–Kier alpha value is -1.30. The number of Topliss-reactive ketones (excluding diaryl/α,β-unsaturated/α-hetero) is 1. The lowest BCUT2D eigenvalue weighted by Crippen LogP contribution is -2.33. The summed E-state index contributed by atoms with van der Waals surface area (Å²) in [7, 11) is 0. The fourth-order valence-electron chi connectivity index (χ4n) is 5.20. The summed E-state index contributed by atoms with van der Waals surface area (Å²) in [5.74, 6) is 0.0295. The van der Waals surface area contributed by atoms with Gasteiger partial charge in [0, 0.05) is 31.8 Å². The molecule has 0 aromatic rings. The van der Waals surface area contributed by atoms with Gasteiger partial charge in [0.05, 0.1) is 0 Å². The Balaban J connectivity index is 0. The zero-order chi connectivity index (χ0) is 28.8. The molecule has 238 valence electrons. The fourth-order valence-corrected chi connectivity index (χ4v) is 5.20. The molecule has 5 N–H and O–H groups in total. The topological polar surface area (TPSA) is 111 Å². The first-order valence-corrected chi connectivity index (χ1v) is 16.9. The Morgan fingerprint density at radius 2 is 1.05 bits per heavy atom. The molecule has 6 nitrogen and oxygen atoms in total. The Bertz CT molecular complexity index is 597. The van der Waals surface area contributed by atoms with E-state index in [1.807, 2.05) is 0 Å². The molecule has 0 aliphatic rings. The van der Waals surface area contributed by atoms with Crippen molar-refractivity contribution in [3.8, 4) is 0 Å². The predicted molar refractivity (Wildman–Crippen MR) is 176 cm³/mol. The molecule has 0 unspecified atom stereocenters. The standard InChI is InChI=1S/C33H66N4O2.ClH/c1-3-5-7-9-11-13-15-16-18-20-22-26-31(38)29-30(25-24-28-37-33(34)35)32(39)36-27-23-21-19-17-14-12-10-8-6-4-2;/h30H,3-29H2,1-2H3,(H,36,39)(H4,34,35,37);1H/t30-;/m1./s1. The maximum Gasteiger partial charge on any atom is 0.223 e.